The van der Waals surface area contributed by atoms with Crippen molar-refractivity contribution in [1.29, 1.82) is 0 Å². The molecule has 0 spiro atoms. The highest BCUT2D eigenvalue weighted by Gasteiger charge is 2.38. The molecule has 1 amide bonds. The smallest absolute Gasteiger partial charge is 0.325 e. The first-order valence-electron chi connectivity index (χ1n) is 10.3. The van der Waals surface area contributed by atoms with Crippen molar-refractivity contribution >= 4 is 66.4 Å². The second-order valence-electron chi connectivity index (χ2n) is 7.52. The van der Waals surface area contributed by atoms with Gasteiger partial charge >= 0.3 is 5.97 Å². The summed E-state index contributed by atoms with van der Waals surface area (Å²) in [7, 11) is -1.07. The Morgan fingerprint density at radius 1 is 1.18 bits per heavy atom. The molecule has 1 aliphatic rings. The highest BCUT2D eigenvalue weighted by atomic mass is 35.5. The number of benzene rings is 1. The van der Waals surface area contributed by atoms with Crippen molar-refractivity contribution in [2.24, 2.45) is 4.99 Å². The lowest BCUT2D eigenvalue weighted by molar-refractivity contribution is -0.141. The predicted octanol–water partition coefficient (Wildman–Crippen LogP) is 3.27. The summed E-state index contributed by atoms with van der Waals surface area (Å²) in [6.45, 7) is 0.0743. The Morgan fingerprint density at radius 3 is 2.65 bits per heavy atom. The number of sulfonamides is 1. The summed E-state index contributed by atoms with van der Waals surface area (Å²) in [5.74, 6) is -0.458. The van der Waals surface area contributed by atoms with E-state index in [1.165, 1.54) is 34.9 Å². The van der Waals surface area contributed by atoms with E-state index in [0.717, 1.165) is 16.0 Å². The number of carbonyl (C=O) groups excluding carboxylic acids is 2. The molecule has 1 unspecified atom stereocenters. The molecule has 0 N–H and O–H groups in total. The standard InChI is InChI=1S/C21H22ClN3O6S3/c1-30-13-6-7-14-16(11-13)32-21(24(14)12-18(26)31-2)23-20(27)15-5-3-4-10-25(15)34(28,29)19-9-8-17(22)33-19/h6-9,11,15H,3-5,10,12H2,1-2H3. The number of ether oxygens (including phenoxy) is 2. The van der Waals surface area contributed by atoms with E-state index in [9.17, 15) is 18.0 Å². The number of hydrogen-bond donors (Lipinski definition) is 0. The molecular weight excluding hydrogens is 522 g/mol. The molecular formula is C21H22ClN3O6S3. The number of methoxy groups -OCH3 is 2. The van der Waals surface area contributed by atoms with Gasteiger partial charge in [-0.05, 0) is 43.2 Å². The van der Waals surface area contributed by atoms with Gasteiger partial charge in [-0.2, -0.15) is 9.30 Å². The fourth-order valence-corrected chi connectivity index (χ4v) is 8.10. The van der Waals surface area contributed by atoms with Crippen molar-refractivity contribution in [3.63, 3.8) is 0 Å². The number of aromatic nitrogens is 1. The lowest BCUT2D eigenvalue weighted by atomic mass is 10.0. The molecule has 1 aliphatic heterocycles. The maximum absolute atomic E-state index is 13.3. The van der Waals surface area contributed by atoms with Crippen LogP contribution >= 0.6 is 34.3 Å². The molecule has 3 heterocycles. The van der Waals surface area contributed by atoms with E-state index in [0.29, 0.717) is 34.9 Å². The molecule has 0 aliphatic carbocycles. The number of thiophene rings is 1. The molecule has 0 bridgehead atoms. The lowest BCUT2D eigenvalue weighted by Gasteiger charge is -2.31. The summed E-state index contributed by atoms with van der Waals surface area (Å²) >= 11 is 8.11. The molecule has 9 nitrogen and oxygen atoms in total. The Balaban J connectivity index is 1.76. The van der Waals surface area contributed by atoms with Gasteiger partial charge in [-0.15, -0.1) is 11.3 Å². The number of thiazole rings is 1. The first-order chi connectivity index (χ1) is 16.2. The number of rotatable bonds is 6. The third-order valence-electron chi connectivity index (χ3n) is 5.46. The first-order valence-corrected chi connectivity index (χ1v) is 13.8. The van der Waals surface area contributed by atoms with Crippen molar-refractivity contribution in [3.05, 3.63) is 39.5 Å². The molecule has 182 valence electrons. The van der Waals surface area contributed by atoms with Crippen LogP contribution in [-0.4, -0.2) is 56.0 Å². The predicted molar refractivity (Wildman–Crippen MR) is 130 cm³/mol. The zero-order valence-electron chi connectivity index (χ0n) is 18.4. The van der Waals surface area contributed by atoms with E-state index < -0.39 is 27.9 Å². The number of fused-ring (bicyclic) bond motifs is 1. The third kappa shape index (κ3) is 4.91. The number of halogens is 1. The molecule has 1 atom stereocenters. The summed E-state index contributed by atoms with van der Waals surface area (Å²) in [5, 5.41) is 0. The maximum Gasteiger partial charge on any atom is 0.325 e. The van der Waals surface area contributed by atoms with Crippen molar-refractivity contribution < 1.29 is 27.5 Å². The molecule has 1 aromatic carbocycles. The lowest BCUT2D eigenvalue weighted by Crippen LogP contribution is -2.47. The number of piperidine rings is 1. The van der Waals surface area contributed by atoms with Crippen molar-refractivity contribution in [1.82, 2.24) is 8.87 Å². The third-order valence-corrected chi connectivity index (χ3v) is 10.1. The minimum Gasteiger partial charge on any atom is -0.497 e. The van der Waals surface area contributed by atoms with Crippen molar-refractivity contribution in [2.45, 2.75) is 36.1 Å². The van der Waals surface area contributed by atoms with Gasteiger partial charge in [-0.25, -0.2) is 8.42 Å². The molecule has 0 radical (unpaired) electrons. The van der Waals surface area contributed by atoms with Gasteiger partial charge < -0.3 is 14.0 Å². The van der Waals surface area contributed by atoms with Crippen LogP contribution in [0.3, 0.4) is 0 Å². The van der Waals surface area contributed by atoms with Crippen LogP contribution in [0.1, 0.15) is 19.3 Å². The average molecular weight is 544 g/mol. The molecule has 34 heavy (non-hydrogen) atoms. The zero-order valence-corrected chi connectivity index (χ0v) is 21.6. The number of hydrogen-bond acceptors (Lipinski definition) is 8. The van der Waals surface area contributed by atoms with E-state index in [4.69, 9.17) is 21.1 Å². The molecule has 1 saturated heterocycles. The molecule has 0 saturated carbocycles. The largest absolute Gasteiger partial charge is 0.497 e. The number of nitrogens with zero attached hydrogens (tertiary/aromatic N) is 3. The molecule has 2 aromatic heterocycles. The quantitative estimate of drug-likeness (QED) is 0.442. The van der Waals surface area contributed by atoms with Gasteiger partial charge in [0.25, 0.3) is 15.9 Å². The van der Waals surface area contributed by atoms with Gasteiger partial charge in [0.05, 0.1) is 28.8 Å². The van der Waals surface area contributed by atoms with Crippen LogP contribution in [0.4, 0.5) is 0 Å². The van der Waals surface area contributed by atoms with Crippen LogP contribution in [0.5, 0.6) is 5.75 Å². The van der Waals surface area contributed by atoms with Gasteiger partial charge in [0.1, 0.15) is 22.5 Å². The molecule has 3 aromatic rings. The maximum atomic E-state index is 13.3. The van der Waals surface area contributed by atoms with Crippen LogP contribution in [0, 0.1) is 0 Å². The number of carbonyl (C=O) groups is 2. The van der Waals surface area contributed by atoms with Gasteiger partial charge in [0.2, 0.25) is 0 Å². The summed E-state index contributed by atoms with van der Waals surface area (Å²) < 4.78 is 40.6. The Bertz CT molecular complexity index is 1410. The fraction of sp³-hybridized carbons (Fsp3) is 0.381. The normalized spacial score (nSPS) is 17.7. The second-order valence-corrected chi connectivity index (χ2v) is 12.4. The average Bonchev–Trinajstić information content (AvgIpc) is 3.42. The summed E-state index contributed by atoms with van der Waals surface area (Å²) in [6.07, 6.45) is 1.71. The van der Waals surface area contributed by atoms with E-state index in [1.807, 2.05) is 0 Å². The van der Waals surface area contributed by atoms with Gasteiger partial charge in [-0.1, -0.05) is 29.4 Å². The summed E-state index contributed by atoms with van der Waals surface area (Å²) in [5.41, 5.74) is 0.684. The van der Waals surface area contributed by atoms with Crippen LogP contribution in [0.25, 0.3) is 10.2 Å². The minimum atomic E-state index is -3.90. The summed E-state index contributed by atoms with van der Waals surface area (Å²) in [6, 6.07) is 7.33. The van der Waals surface area contributed by atoms with E-state index in [-0.39, 0.29) is 22.1 Å². The van der Waals surface area contributed by atoms with Gasteiger partial charge in [0.15, 0.2) is 4.80 Å². The fourth-order valence-electron chi connectivity index (χ4n) is 3.77. The van der Waals surface area contributed by atoms with E-state index >= 15 is 0 Å². The van der Waals surface area contributed by atoms with E-state index in [2.05, 4.69) is 4.99 Å². The van der Waals surface area contributed by atoms with Crippen LogP contribution < -0.4 is 9.54 Å². The van der Waals surface area contributed by atoms with Gasteiger partial charge in [0, 0.05) is 6.54 Å². The monoisotopic (exact) mass is 543 g/mol. The highest BCUT2D eigenvalue weighted by Crippen LogP contribution is 2.32. The molecule has 13 heteroatoms. The number of esters is 1. The first kappa shape index (κ1) is 24.9. The molecule has 1 fully saturated rings. The van der Waals surface area contributed by atoms with Crippen LogP contribution in [-0.2, 0) is 30.9 Å². The summed E-state index contributed by atoms with van der Waals surface area (Å²) in [4.78, 5) is 29.9. The number of amides is 1. The Hall–Kier alpha value is -2.25. The van der Waals surface area contributed by atoms with E-state index in [1.54, 1.807) is 29.9 Å². The second kappa shape index (κ2) is 10.2. The van der Waals surface area contributed by atoms with Crippen LogP contribution in [0.15, 0.2) is 39.5 Å². The Morgan fingerprint density at radius 2 is 1.97 bits per heavy atom. The molecule has 4 rings (SSSR count). The zero-order chi connectivity index (χ0) is 24.5. The Labute approximate surface area is 209 Å². The van der Waals surface area contributed by atoms with Crippen molar-refractivity contribution in [2.75, 3.05) is 20.8 Å². The highest BCUT2D eigenvalue weighted by molar-refractivity contribution is 7.91. The van der Waals surface area contributed by atoms with Crippen molar-refractivity contribution in [3.8, 4) is 5.75 Å². The Kier molecular flexibility index (Phi) is 7.43. The van der Waals surface area contributed by atoms with Gasteiger partial charge in [-0.3, -0.25) is 9.59 Å². The minimum absolute atomic E-state index is 0.0897. The SMILES string of the molecule is COC(=O)Cn1c(=NC(=O)C2CCCCN2S(=O)(=O)c2ccc(Cl)s2)sc2cc(OC)ccc21. The van der Waals surface area contributed by atoms with Crippen LogP contribution in [0.2, 0.25) is 4.34 Å². The topological polar surface area (TPSA) is 107 Å².